The Bertz CT molecular complexity index is 6.00. The topological polar surface area (TPSA) is 9.23 Å². The van der Waals surface area contributed by atoms with Gasteiger partial charge in [-0.2, -0.15) is 0 Å². The molecule has 0 aromatic heterocycles. The average molecular weight is 333 g/mol. The largest absolute Gasteiger partial charge is 0.247 e. The van der Waals surface area contributed by atoms with Gasteiger partial charge in [-0.05, 0) is 0 Å². The minimum absolute atomic E-state index is 0. The van der Waals surface area contributed by atoms with Gasteiger partial charge in [-0.1, -0.05) is 0 Å². The molecule has 4 heteroatoms. The fourth-order valence-corrected chi connectivity index (χ4v) is 0. The van der Waals surface area contributed by atoms with Gasteiger partial charge in [-0.3, -0.25) is 0 Å². The maximum Gasteiger partial charge on any atom is 0.124 e. The minimum Gasteiger partial charge on any atom is -0.247 e. The molecule has 0 bridgehead atoms. The summed E-state index contributed by atoms with van der Waals surface area (Å²) in [5.41, 5.74) is 0. The van der Waals surface area contributed by atoms with Crippen molar-refractivity contribution in [1.82, 2.24) is 0 Å². The van der Waals surface area contributed by atoms with E-state index in [0.29, 0.717) is 0 Å². The molecule has 0 saturated carbocycles. The molecule has 0 aliphatic carbocycles. The molecule has 0 heterocycles. The first-order chi connectivity index (χ1) is 1.41. The van der Waals surface area contributed by atoms with Crippen LogP contribution in [0.3, 0.4) is 0 Å². The number of hydrogen-bond acceptors (Lipinski definition) is 1. The summed E-state index contributed by atoms with van der Waals surface area (Å²) in [5.74, 6) is 0. The number of halogens is 2. The summed E-state index contributed by atoms with van der Waals surface area (Å²) < 4.78 is 4.19. The molecule has 0 aliphatic rings. The second-order valence-electron chi connectivity index (χ2n) is 0.0583. The van der Waals surface area contributed by atoms with E-state index in [2.05, 4.69) is 1.40 Å². The second-order valence-corrected chi connectivity index (χ2v) is 2.62. The van der Waals surface area contributed by atoms with Crippen LogP contribution in [0.5, 0.6) is 0 Å². The predicted molar refractivity (Wildman–Crippen MR) is 29.1 cm³/mol. The molecule has 0 amide bonds. The van der Waals surface area contributed by atoms with Crippen molar-refractivity contribution >= 4 is 46.0 Å². The van der Waals surface area contributed by atoms with E-state index in [9.17, 15) is 0 Å². The third-order valence-corrected chi connectivity index (χ3v) is 0. The molecule has 0 fully saturated rings. The Morgan fingerprint density at radius 1 is 1.25 bits per heavy atom. The number of hydrogen-bond donors (Lipinski definition) is 0. The van der Waals surface area contributed by atoms with Crippen LogP contribution in [0.2, 0.25) is 0 Å². The van der Waals surface area contributed by atoms with Crippen LogP contribution in [0.15, 0.2) is 0 Å². The van der Waals surface area contributed by atoms with Crippen molar-refractivity contribution in [2.45, 2.75) is 0 Å². The summed E-state index contributed by atoms with van der Waals surface area (Å²) in [7, 11) is 0. The van der Waals surface area contributed by atoms with Crippen molar-refractivity contribution in [3.63, 3.8) is 0 Å². The van der Waals surface area contributed by atoms with Crippen molar-refractivity contribution < 1.29 is 18.5 Å². The molecule has 1 nitrogen and oxygen atoms in total. The molecular weight excluding hydrogens is 333 g/mol. The molecule has 0 N–H and O–H groups in total. The summed E-state index contributed by atoms with van der Waals surface area (Å²) in [6.45, 7) is 0. The average Bonchev–Trinajstić information content (AvgIpc) is 0.918. The van der Waals surface area contributed by atoms with Crippen LogP contribution in [-0.4, -0.2) is 0 Å². The van der Waals surface area contributed by atoms with Gasteiger partial charge in [0.2, 0.25) is 0 Å². The summed E-state index contributed by atoms with van der Waals surface area (Å²) in [5, 5.41) is 0. The molecule has 0 aliphatic heterocycles. The molecule has 0 unspecified atom stereocenters. The van der Waals surface area contributed by atoms with Gasteiger partial charge in [0.25, 0.3) is 0 Å². The van der Waals surface area contributed by atoms with Gasteiger partial charge >= 0.3 is 0 Å². The van der Waals surface area contributed by atoms with Gasteiger partial charge in [0, 0.05) is 17.1 Å². The fourth-order valence-electron chi connectivity index (χ4n) is 0. The Kier molecular flexibility index (Phi) is 20.7. The molecule has 0 aromatic rings. The fraction of sp³-hybridized carbons (Fsp3) is 0. The molecule has 0 aromatic carbocycles. The van der Waals surface area contributed by atoms with E-state index in [-0.39, 0.29) is 17.1 Å². The van der Waals surface area contributed by atoms with Crippen LogP contribution in [0.1, 0.15) is 0 Å². The normalized spacial score (nSPS) is 4.50. The van der Waals surface area contributed by atoms with Crippen LogP contribution in [0.4, 0.5) is 0 Å². The smallest absolute Gasteiger partial charge is 0.124 e. The first-order valence-corrected chi connectivity index (χ1v) is 2.07. The third-order valence-electron chi connectivity index (χ3n) is 0. The zero-order valence-corrected chi connectivity index (χ0v) is 6.72. The molecule has 0 spiro atoms. The van der Waals surface area contributed by atoms with Crippen molar-refractivity contribution in [1.29, 1.82) is 0 Å². The summed E-state index contributed by atoms with van der Waals surface area (Å²) in [6.07, 6.45) is 0. The summed E-state index contributed by atoms with van der Waals surface area (Å²) in [6, 6.07) is 0. The van der Waals surface area contributed by atoms with Crippen molar-refractivity contribution in [2.75, 3.05) is 0 Å². The van der Waals surface area contributed by atoms with E-state index < -0.39 is 0 Å². The zero-order chi connectivity index (χ0) is 2.71. The Balaban J connectivity index is 0. The maximum atomic E-state index is 4.19. The van der Waals surface area contributed by atoms with Gasteiger partial charge < -0.3 is 0 Å². The molecule has 0 rings (SSSR count). The van der Waals surface area contributed by atoms with E-state index in [1.165, 1.54) is 0 Å². The Morgan fingerprint density at radius 2 is 1.25 bits per heavy atom. The van der Waals surface area contributed by atoms with E-state index in [1.54, 1.807) is 46.0 Å². The Morgan fingerprint density at radius 3 is 1.25 bits per heavy atom. The Labute approximate surface area is 63.7 Å². The molecule has 31 valence electrons. The van der Waals surface area contributed by atoms with E-state index >= 15 is 0 Å². The van der Waals surface area contributed by atoms with Crippen LogP contribution < -0.4 is 0 Å². The van der Waals surface area contributed by atoms with E-state index in [0.717, 1.165) is 0 Å². The molecule has 0 atom stereocenters. The minimum atomic E-state index is 0. The van der Waals surface area contributed by atoms with Crippen molar-refractivity contribution in [3.05, 3.63) is 0 Å². The third kappa shape index (κ3) is 9.05. The van der Waals surface area contributed by atoms with Crippen LogP contribution >= 0.6 is 46.0 Å². The first kappa shape index (κ1) is 9.34. The maximum absolute atomic E-state index is 4.19. The van der Waals surface area contributed by atoms with Crippen LogP contribution in [0.25, 0.3) is 0 Å². The molecular formula is CuI2O. The second kappa shape index (κ2) is 8.87. The van der Waals surface area contributed by atoms with Crippen LogP contribution in [0, 0.1) is 0 Å². The Hall–Kier alpha value is 1.94. The zero-order valence-electron chi connectivity index (χ0n) is 1.47. The monoisotopic (exact) mass is 333 g/mol. The molecule has 0 saturated heterocycles. The summed E-state index contributed by atoms with van der Waals surface area (Å²) >= 11 is 3.55. The van der Waals surface area contributed by atoms with Gasteiger partial charge in [-0.25, -0.2) is 1.40 Å². The van der Waals surface area contributed by atoms with Crippen molar-refractivity contribution in [3.8, 4) is 0 Å². The predicted octanol–water partition coefficient (Wildman–Crippen LogP) is 1.70. The van der Waals surface area contributed by atoms with E-state index in [1.807, 2.05) is 0 Å². The van der Waals surface area contributed by atoms with Gasteiger partial charge in [-0.15, -0.1) is 0 Å². The van der Waals surface area contributed by atoms with Gasteiger partial charge in [0.05, 0.1) is 0 Å². The first-order valence-electron chi connectivity index (χ1n) is 0.309. The van der Waals surface area contributed by atoms with Gasteiger partial charge in [0.1, 0.15) is 46.0 Å². The summed E-state index contributed by atoms with van der Waals surface area (Å²) in [4.78, 5) is 0. The molecule has 4 heavy (non-hydrogen) atoms. The van der Waals surface area contributed by atoms with Crippen LogP contribution in [-0.2, 0) is 18.5 Å². The standard InChI is InChI=1S/Cu.I2O/c;1-3-2. The SMILES string of the molecule is IOI.[Cu]. The van der Waals surface area contributed by atoms with Crippen molar-refractivity contribution in [2.24, 2.45) is 0 Å². The van der Waals surface area contributed by atoms with E-state index in [4.69, 9.17) is 0 Å². The number of rotatable bonds is 0. The quantitative estimate of drug-likeness (QED) is 0.484. The molecule has 1 radical (unpaired) electrons. The van der Waals surface area contributed by atoms with Gasteiger partial charge in [0.15, 0.2) is 0 Å².